The number of ether oxygens (including phenoxy) is 1. The Morgan fingerprint density at radius 3 is 2.44 bits per heavy atom. The van der Waals surface area contributed by atoms with E-state index in [4.69, 9.17) is 26.7 Å². The smallest absolute Gasteiger partial charge is 0.251 e. The van der Waals surface area contributed by atoms with E-state index in [1.54, 1.807) is 18.2 Å². The second-order valence-corrected chi connectivity index (χ2v) is 8.81. The Morgan fingerprint density at radius 1 is 1.06 bits per heavy atom. The SMILES string of the molecule is N#Cc1ccc(OC2CCC(NC(=O)c3ccc(CCCCCCO)cc3)CC2)cc1Cl. The summed E-state index contributed by atoms with van der Waals surface area (Å²) in [6, 6.07) is 15.2. The van der Waals surface area contributed by atoms with Crippen molar-refractivity contribution >= 4 is 17.5 Å². The predicted octanol–water partition coefficient (Wildman–Crippen LogP) is 5.43. The monoisotopic (exact) mass is 454 g/mol. The van der Waals surface area contributed by atoms with Gasteiger partial charge in [-0.25, -0.2) is 0 Å². The minimum absolute atomic E-state index is 0.0252. The summed E-state index contributed by atoms with van der Waals surface area (Å²) in [5, 5.41) is 21.4. The highest BCUT2D eigenvalue weighted by Gasteiger charge is 2.24. The fourth-order valence-electron chi connectivity index (χ4n) is 4.06. The molecule has 0 heterocycles. The zero-order chi connectivity index (χ0) is 22.8. The molecule has 1 amide bonds. The molecule has 0 bridgehead atoms. The van der Waals surface area contributed by atoms with Gasteiger partial charge in [0.05, 0.1) is 16.7 Å². The molecule has 0 unspecified atom stereocenters. The highest BCUT2D eigenvalue weighted by atomic mass is 35.5. The van der Waals surface area contributed by atoms with Crippen molar-refractivity contribution < 1.29 is 14.6 Å². The highest BCUT2D eigenvalue weighted by Crippen LogP contribution is 2.27. The molecule has 5 nitrogen and oxygen atoms in total. The molecule has 2 aromatic carbocycles. The minimum atomic E-state index is -0.0252. The second-order valence-electron chi connectivity index (χ2n) is 8.40. The first kappa shape index (κ1) is 24.1. The normalized spacial score (nSPS) is 18.0. The average Bonchev–Trinajstić information content (AvgIpc) is 2.81. The van der Waals surface area contributed by atoms with E-state index in [0.717, 1.165) is 57.8 Å². The fourth-order valence-corrected chi connectivity index (χ4v) is 4.28. The molecular formula is C26H31ClN2O3. The molecule has 0 saturated heterocycles. The van der Waals surface area contributed by atoms with E-state index in [1.807, 2.05) is 30.3 Å². The van der Waals surface area contributed by atoms with E-state index in [0.29, 0.717) is 21.9 Å². The quantitative estimate of drug-likeness (QED) is 0.469. The van der Waals surface area contributed by atoms with Gasteiger partial charge in [0.1, 0.15) is 11.8 Å². The number of unbranched alkanes of at least 4 members (excludes halogenated alkanes) is 3. The van der Waals surface area contributed by atoms with Gasteiger partial charge >= 0.3 is 0 Å². The maximum absolute atomic E-state index is 12.6. The fraction of sp³-hybridized carbons (Fsp3) is 0.462. The number of nitriles is 1. The molecule has 0 atom stereocenters. The lowest BCUT2D eigenvalue weighted by Crippen LogP contribution is -2.39. The number of aryl methyl sites for hydroxylation is 1. The molecular weight excluding hydrogens is 424 g/mol. The van der Waals surface area contributed by atoms with Crippen LogP contribution < -0.4 is 10.1 Å². The summed E-state index contributed by atoms with van der Waals surface area (Å²) >= 11 is 6.08. The highest BCUT2D eigenvalue weighted by molar-refractivity contribution is 6.31. The molecule has 0 aromatic heterocycles. The molecule has 2 aromatic rings. The van der Waals surface area contributed by atoms with Gasteiger partial charge in [-0.3, -0.25) is 4.79 Å². The summed E-state index contributed by atoms with van der Waals surface area (Å²) in [6.07, 6.45) is 8.70. The Hall–Kier alpha value is -2.55. The number of carbonyl (C=O) groups is 1. The van der Waals surface area contributed by atoms with Crippen LogP contribution in [0.15, 0.2) is 42.5 Å². The first-order chi connectivity index (χ1) is 15.6. The lowest BCUT2D eigenvalue weighted by Gasteiger charge is -2.29. The van der Waals surface area contributed by atoms with Gasteiger partial charge in [0.25, 0.3) is 5.91 Å². The van der Waals surface area contributed by atoms with Crippen LogP contribution in [-0.2, 0) is 6.42 Å². The zero-order valence-electron chi connectivity index (χ0n) is 18.4. The van der Waals surface area contributed by atoms with E-state index >= 15 is 0 Å². The summed E-state index contributed by atoms with van der Waals surface area (Å²) in [5.41, 5.74) is 2.38. The zero-order valence-corrected chi connectivity index (χ0v) is 19.1. The molecule has 170 valence electrons. The van der Waals surface area contributed by atoms with Crippen LogP contribution in [0.25, 0.3) is 0 Å². The first-order valence-corrected chi connectivity index (χ1v) is 11.8. The largest absolute Gasteiger partial charge is 0.490 e. The van der Waals surface area contributed by atoms with Crippen molar-refractivity contribution in [3.05, 3.63) is 64.2 Å². The lowest BCUT2D eigenvalue weighted by molar-refractivity contribution is 0.0894. The number of hydrogen-bond donors (Lipinski definition) is 2. The molecule has 1 saturated carbocycles. The second kappa shape index (κ2) is 12.5. The summed E-state index contributed by atoms with van der Waals surface area (Å²) < 4.78 is 6.02. The van der Waals surface area contributed by atoms with Crippen LogP contribution in [-0.4, -0.2) is 29.8 Å². The van der Waals surface area contributed by atoms with E-state index in [2.05, 4.69) is 5.32 Å². The third-order valence-corrected chi connectivity index (χ3v) is 6.28. The number of nitrogens with zero attached hydrogens (tertiary/aromatic N) is 1. The number of aliphatic hydroxyl groups excluding tert-OH is 1. The Balaban J connectivity index is 1.40. The number of hydrogen-bond acceptors (Lipinski definition) is 4. The molecule has 2 N–H and O–H groups in total. The summed E-state index contributed by atoms with van der Waals surface area (Å²) in [5.74, 6) is 0.651. The molecule has 3 rings (SSSR count). The summed E-state index contributed by atoms with van der Waals surface area (Å²) in [7, 11) is 0. The number of rotatable bonds is 10. The number of halogens is 1. The maximum Gasteiger partial charge on any atom is 0.251 e. The summed E-state index contributed by atoms with van der Waals surface area (Å²) in [6.45, 7) is 0.268. The van der Waals surface area contributed by atoms with Gasteiger partial charge in [0.2, 0.25) is 0 Å². The van der Waals surface area contributed by atoms with E-state index in [-0.39, 0.29) is 24.7 Å². The molecule has 0 spiro atoms. The van der Waals surface area contributed by atoms with Crippen LogP contribution in [0.5, 0.6) is 5.75 Å². The van der Waals surface area contributed by atoms with Gasteiger partial charge in [-0.05, 0) is 74.8 Å². The third kappa shape index (κ3) is 7.25. The maximum atomic E-state index is 12.6. The number of carbonyl (C=O) groups excluding carboxylic acids is 1. The Bertz CT molecular complexity index is 916. The average molecular weight is 455 g/mol. The number of aliphatic hydroxyl groups is 1. The Kier molecular flexibility index (Phi) is 9.40. The molecule has 32 heavy (non-hydrogen) atoms. The van der Waals surface area contributed by atoms with Crippen molar-refractivity contribution in [2.24, 2.45) is 0 Å². The Labute approximate surface area is 195 Å². The van der Waals surface area contributed by atoms with Crippen LogP contribution in [0.3, 0.4) is 0 Å². The molecule has 1 fully saturated rings. The van der Waals surface area contributed by atoms with Gasteiger partial charge in [-0.1, -0.05) is 36.6 Å². The molecule has 6 heteroatoms. The van der Waals surface area contributed by atoms with Crippen LogP contribution in [0.4, 0.5) is 0 Å². The van der Waals surface area contributed by atoms with Crippen LogP contribution in [0.2, 0.25) is 5.02 Å². The Morgan fingerprint density at radius 2 is 1.78 bits per heavy atom. The van der Waals surface area contributed by atoms with Gasteiger partial charge in [-0.2, -0.15) is 5.26 Å². The molecule has 0 aliphatic heterocycles. The van der Waals surface area contributed by atoms with Gasteiger partial charge < -0.3 is 15.2 Å². The van der Waals surface area contributed by atoms with Crippen LogP contribution >= 0.6 is 11.6 Å². The molecule has 1 aliphatic rings. The van der Waals surface area contributed by atoms with E-state index in [1.165, 1.54) is 5.56 Å². The molecule has 1 aliphatic carbocycles. The van der Waals surface area contributed by atoms with Crippen molar-refractivity contribution in [1.29, 1.82) is 5.26 Å². The van der Waals surface area contributed by atoms with Crippen LogP contribution in [0.1, 0.15) is 72.9 Å². The van der Waals surface area contributed by atoms with Gasteiger partial charge in [0.15, 0.2) is 0 Å². The van der Waals surface area contributed by atoms with Gasteiger partial charge in [0, 0.05) is 24.3 Å². The topological polar surface area (TPSA) is 82.3 Å². The standard InChI is InChI=1S/C26H31ClN2O3/c27-25-17-24(13-10-21(25)18-28)32-23-14-11-22(12-15-23)29-26(31)20-8-6-19(7-9-20)5-3-1-2-4-16-30/h6-10,13,17,22-23,30H,1-5,11-12,14-16H2,(H,29,31). The van der Waals surface area contributed by atoms with Crippen molar-refractivity contribution in [3.8, 4) is 11.8 Å². The summed E-state index contributed by atoms with van der Waals surface area (Å²) in [4.78, 5) is 12.6. The minimum Gasteiger partial charge on any atom is -0.490 e. The van der Waals surface area contributed by atoms with E-state index in [9.17, 15) is 4.79 Å². The molecule has 0 radical (unpaired) electrons. The van der Waals surface area contributed by atoms with Crippen molar-refractivity contribution in [3.63, 3.8) is 0 Å². The number of benzene rings is 2. The van der Waals surface area contributed by atoms with Crippen molar-refractivity contribution in [2.45, 2.75) is 69.9 Å². The van der Waals surface area contributed by atoms with Crippen molar-refractivity contribution in [1.82, 2.24) is 5.32 Å². The van der Waals surface area contributed by atoms with E-state index < -0.39 is 0 Å². The number of nitrogens with one attached hydrogen (secondary N) is 1. The van der Waals surface area contributed by atoms with Gasteiger partial charge in [-0.15, -0.1) is 0 Å². The predicted molar refractivity (Wildman–Crippen MR) is 126 cm³/mol. The third-order valence-electron chi connectivity index (χ3n) is 5.96. The number of amides is 1. The lowest BCUT2D eigenvalue weighted by atomic mass is 9.92. The van der Waals surface area contributed by atoms with Crippen molar-refractivity contribution in [2.75, 3.05) is 6.61 Å². The van der Waals surface area contributed by atoms with Crippen LogP contribution in [0, 0.1) is 11.3 Å². The first-order valence-electron chi connectivity index (χ1n) is 11.5.